The van der Waals surface area contributed by atoms with Crippen LogP contribution in [0.5, 0.6) is 0 Å². The van der Waals surface area contributed by atoms with Crippen molar-refractivity contribution >= 4 is 28.3 Å². The molecule has 0 unspecified atom stereocenters. The Labute approximate surface area is 225 Å². The van der Waals surface area contributed by atoms with Crippen LogP contribution in [0.2, 0.25) is 5.02 Å². The number of rotatable bonds is 7. The van der Waals surface area contributed by atoms with Crippen molar-refractivity contribution in [1.82, 2.24) is 30.0 Å². The lowest BCUT2D eigenvalue weighted by molar-refractivity contribution is 0.250. The highest BCUT2D eigenvalue weighted by Crippen LogP contribution is 2.39. The van der Waals surface area contributed by atoms with Gasteiger partial charge in [0.25, 0.3) is 0 Å². The summed E-state index contributed by atoms with van der Waals surface area (Å²) in [7, 11) is 0. The lowest BCUT2D eigenvalue weighted by atomic mass is 10.1. The minimum absolute atomic E-state index is 0.444. The fourth-order valence-electron chi connectivity index (χ4n) is 5.14. The molecule has 1 saturated heterocycles. The molecule has 1 saturated carbocycles. The third kappa shape index (κ3) is 4.89. The molecule has 2 aromatic carbocycles. The largest absolute Gasteiger partial charge is 0.368 e. The van der Waals surface area contributed by atoms with E-state index in [0.29, 0.717) is 18.2 Å². The second-order valence-corrected chi connectivity index (χ2v) is 10.6. The van der Waals surface area contributed by atoms with Gasteiger partial charge in [0.1, 0.15) is 5.82 Å². The number of nitrogens with one attached hydrogen (secondary N) is 1. The SMILES string of the molecule is Clc1ccccc1N1CCN(Cc2ccnc(Cc3nc4ccc(-c5noc(C6CC6)n5)cc4[nH]3)c2)CC1. The average molecular weight is 526 g/mol. The van der Waals surface area contributed by atoms with Crippen molar-refractivity contribution in [3.63, 3.8) is 0 Å². The van der Waals surface area contributed by atoms with Gasteiger partial charge in [-0.05, 0) is 60.9 Å². The van der Waals surface area contributed by atoms with Crippen LogP contribution in [0.4, 0.5) is 5.69 Å². The Morgan fingerprint density at radius 2 is 1.84 bits per heavy atom. The zero-order valence-corrected chi connectivity index (χ0v) is 21.7. The van der Waals surface area contributed by atoms with Gasteiger partial charge in [0.05, 0.1) is 21.7 Å². The van der Waals surface area contributed by atoms with Crippen LogP contribution in [-0.4, -0.2) is 56.2 Å². The van der Waals surface area contributed by atoms with E-state index >= 15 is 0 Å². The van der Waals surface area contributed by atoms with E-state index in [2.05, 4.69) is 48.1 Å². The Kier molecular flexibility index (Phi) is 6.06. The lowest BCUT2D eigenvalue weighted by Crippen LogP contribution is -2.46. The predicted octanol–water partition coefficient (Wildman–Crippen LogP) is 5.45. The molecular weight excluding hydrogens is 498 g/mol. The highest BCUT2D eigenvalue weighted by molar-refractivity contribution is 6.33. The van der Waals surface area contributed by atoms with Gasteiger partial charge in [0.15, 0.2) is 0 Å². The van der Waals surface area contributed by atoms with Crippen LogP contribution >= 0.6 is 11.6 Å². The number of aromatic nitrogens is 5. The molecule has 4 heterocycles. The van der Waals surface area contributed by atoms with Gasteiger partial charge in [-0.25, -0.2) is 4.98 Å². The van der Waals surface area contributed by atoms with Crippen molar-refractivity contribution in [3.05, 3.63) is 88.8 Å². The number of benzene rings is 2. The van der Waals surface area contributed by atoms with Gasteiger partial charge in [-0.2, -0.15) is 4.98 Å². The standard InChI is InChI=1S/C29H28ClN7O/c30-23-3-1-2-4-26(23)37-13-11-36(12-14-37)18-19-9-10-31-22(15-19)17-27-32-24-8-7-21(16-25(24)33-27)28-34-29(38-35-28)20-5-6-20/h1-4,7-10,15-16,20H,5-6,11-14,17-18H2,(H,32,33). The number of nitrogens with zero attached hydrogens (tertiary/aromatic N) is 6. The summed E-state index contributed by atoms with van der Waals surface area (Å²) in [6.45, 7) is 4.83. The summed E-state index contributed by atoms with van der Waals surface area (Å²) in [5, 5.41) is 4.99. The first-order valence-electron chi connectivity index (χ1n) is 13.2. The molecule has 9 heteroatoms. The molecule has 0 amide bonds. The molecule has 192 valence electrons. The summed E-state index contributed by atoms with van der Waals surface area (Å²) >= 11 is 6.40. The number of aromatic amines is 1. The molecule has 5 aromatic rings. The molecule has 0 bridgehead atoms. The molecule has 2 fully saturated rings. The minimum atomic E-state index is 0.444. The summed E-state index contributed by atoms with van der Waals surface area (Å²) in [6.07, 6.45) is 4.82. The summed E-state index contributed by atoms with van der Waals surface area (Å²) in [6, 6.07) is 18.4. The van der Waals surface area contributed by atoms with Crippen molar-refractivity contribution in [1.29, 1.82) is 0 Å². The first-order chi connectivity index (χ1) is 18.7. The van der Waals surface area contributed by atoms with Gasteiger partial charge in [-0.3, -0.25) is 9.88 Å². The van der Waals surface area contributed by atoms with E-state index in [-0.39, 0.29) is 0 Å². The normalized spacial score (nSPS) is 16.4. The number of hydrogen-bond acceptors (Lipinski definition) is 7. The average Bonchev–Trinajstić information content (AvgIpc) is 3.52. The second kappa shape index (κ2) is 9.85. The summed E-state index contributed by atoms with van der Waals surface area (Å²) in [5.41, 5.74) is 6.20. The molecule has 3 aromatic heterocycles. The molecule has 8 nitrogen and oxygen atoms in total. The molecule has 1 aliphatic heterocycles. The Morgan fingerprint density at radius 1 is 0.974 bits per heavy atom. The molecule has 1 aliphatic carbocycles. The van der Waals surface area contributed by atoms with E-state index in [1.807, 2.05) is 42.6 Å². The number of anilines is 1. The van der Waals surface area contributed by atoms with Crippen LogP contribution in [0.3, 0.4) is 0 Å². The molecule has 2 aliphatic rings. The molecule has 38 heavy (non-hydrogen) atoms. The quantitative estimate of drug-likeness (QED) is 0.302. The Balaban J connectivity index is 1.00. The van der Waals surface area contributed by atoms with Gasteiger partial charge in [-0.1, -0.05) is 28.9 Å². The van der Waals surface area contributed by atoms with Crippen LogP contribution in [0.15, 0.2) is 65.3 Å². The van der Waals surface area contributed by atoms with Crippen LogP contribution in [0.25, 0.3) is 22.4 Å². The minimum Gasteiger partial charge on any atom is -0.368 e. The van der Waals surface area contributed by atoms with Crippen molar-refractivity contribution in [2.45, 2.75) is 31.7 Å². The molecule has 0 atom stereocenters. The number of para-hydroxylation sites is 1. The molecule has 0 radical (unpaired) electrons. The molecule has 7 rings (SSSR count). The van der Waals surface area contributed by atoms with Gasteiger partial charge in [0, 0.05) is 62.5 Å². The van der Waals surface area contributed by atoms with E-state index < -0.39 is 0 Å². The van der Waals surface area contributed by atoms with Crippen LogP contribution < -0.4 is 4.90 Å². The van der Waals surface area contributed by atoms with Crippen molar-refractivity contribution in [2.24, 2.45) is 0 Å². The highest BCUT2D eigenvalue weighted by atomic mass is 35.5. The number of halogens is 1. The number of fused-ring (bicyclic) bond motifs is 1. The van der Waals surface area contributed by atoms with Gasteiger partial charge in [-0.15, -0.1) is 0 Å². The highest BCUT2D eigenvalue weighted by Gasteiger charge is 2.29. The van der Waals surface area contributed by atoms with Gasteiger partial charge >= 0.3 is 0 Å². The van der Waals surface area contributed by atoms with E-state index in [0.717, 1.165) is 90.3 Å². The molecule has 0 spiro atoms. The number of hydrogen-bond donors (Lipinski definition) is 1. The van der Waals surface area contributed by atoms with E-state index in [1.54, 1.807) is 0 Å². The topological polar surface area (TPSA) is 87.0 Å². The van der Waals surface area contributed by atoms with Crippen molar-refractivity contribution < 1.29 is 4.52 Å². The third-order valence-corrected chi connectivity index (χ3v) is 7.68. The van der Waals surface area contributed by atoms with E-state index in [9.17, 15) is 0 Å². The molecule has 1 N–H and O–H groups in total. The van der Waals surface area contributed by atoms with Crippen molar-refractivity contribution in [2.75, 3.05) is 31.1 Å². The van der Waals surface area contributed by atoms with Gasteiger partial charge < -0.3 is 14.4 Å². The van der Waals surface area contributed by atoms with Crippen molar-refractivity contribution in [3.8, 4) is 11.4 Å². The van der Waals surface area contributed by atoms with Crippen LogP contribution in [-0.2, 0) is 13.0 Å². The van der Waals surface area contributed by atoms with Crippen LogP contribution in [0.1, 0.15) is 41.7 Å². The predicted molar refractivity (Wildman–Crippen MR) is 147 cm³/mol. The maximum atomic E-state index is 6.40. The first-order valence-corrected chi connectivity index (χ1v) is 13.5. The number of imidazole rings is 1. The monoisotopic (exact) mass is 525 g/mol. The van der Waals surface area contributed by atoms with E-state index in [1.165, 1.54) is 5.56 Å². The zero-order valence-electron chi connectivity index (χ0n) is 21.0. The Bertz CT molecular complexity index is 1580. The maximum Gasteiger partial charge on any atom is 0.230 e. The Hall–Kier alpha value is -3.75. The summed E-state index contributed by atoms with van der Waals surface area (Å²) in [4.78, 5) is 22.3. The maximum absolute atomic E-state index is 6.40. The van der Waals surface area contributed by atoms with Crippen LogP contribution in [0, 0.1) is 0 Å². The zero-order chi connectivity index (χ0) is 25.5. The fraction of sp³-hybridized carbons (Fsp3) is 0.310. The lowest BCUT2D eigenvalue weighted by Gasteiger charge is -2.36. The molecular formula is C29H28ClN7O. The Morgan fingerprint density at radius 3 is 2.68 bits per heavy atom. The smallest absolute Gasteiger partial charge is 0.230 e. The van der Waals surface area contributed by atoms with E-state index in [4.69, 9.17) is 21.1 Å². The van der Waals surface area contributed by atoms with Gasteiger partial charge in [0.2, 0.25) is 11.7 Å². The fourth-order valence-corrected chi connectivity index (χ4v) is 5.40. The first kappa shape index (κ1) is 23.4. The second-order valence-electron chi connectivity index (χ2n) is 10.2. The number of piperazine rings is 1. The summed E-state index contributed by atoms with van der Waals surface area (Å²) < 4.78 is 5.43. The number of H-pyrrole nitrogens is 1. The third-order valence-electron chi connectivity index (χ3n) is 7.36. The number of pyridine rings is 1. The summed E-state index contributed by atoms with van der Waals surface area (Å²) in [5.74, 6) is 2.72.